The molecule has 1 unspecified atom stereocenters. The highest BCUT2D eigenvalue weighted by molar-refractivity contribution is 5.68. The molecule has 31 heavy (non-hydrogen) atoms. The van der Waals surface area contributed by atoms with Gasteiger partial charge in [-0.25, -0.2) is 14.5 Å². The van der Waals surface area contributed by atoms with Crippen LogP contribution >= 0.6 is 0 Å². The first-order chi connectivity index (χ1) is 14.1. The van der Waals surface area contributed by atoms with Gasteiger partial charge < -0.3 is 5.11 Å². The number of alkyl halides is 3. The first-order valence-corrected chi connectivity index (χ1v) is 9.46. The van der Waals surface area contributed by atoms with Crippen LogP contribution in [0.15, 0.2) is 33.5 Å². The zero-order valence-electron chi connectivity index (χ0n) is 17.4. The highest BCUT2D eigenvalue weighted by Gasteiger charge is 2.56. The van der Waals surface area contributed by atoms with E-state index < -0.39 is 47.1 Å². The van der Waals surface area contributed by atoms with Gasteiger partial charge in [-0.2, -0.15) is 13.2 Å². The number of nitrogens with one attached hydrogen (secondary N) is 1. The lowest BCUT2D eigenvalue weighted by atomic mass is 9.72. The van der Waals surface area contributed by atoms with Gasteiger partial charge in [-0.05, 0) is 48.1 Å². The molecule has 0 amide bonds. The molecule has 0 saturated heterocycles. The van der Waals surface area contributed by atoms with Crippen LogP contribution in [0.4, 0.5) is 23.4 Å². The Morgan fingerprint density at radius 3 is 2.45 bits per heavy atom. The molecule has 0 saturated carbocycles. The van der Waals surface area contributed by atoms with E-state index in [1.54, 1.807) is 6.92 Å². The topological polar surface area (TPSA) is 89.2 Å². The molecular formula is C21H22F4N3O3. The number of nitrogens with zero attached hydrogens (tertiary/aromatic N) is 2. The van der Waals surface area contributed by atoms with Gasteiger partial charge in [0.05, 0.1) is 5.56 Å². The zero-order valence-corrected chi connectivity index (χ0v) is 17.4. The number of halogens is 4. The lowest BCUT2D eigenvalue weighted by Gasteiger charge is -2.38. The van der Waals surface area contributed by atoms with E-state index >= 15 is 0 Å². The Morgan fingerprint density at radius 1 is 1.19 bits per heavy atom. The van der Waals surface area contributed by atoms with E-state index in [2.05, 4.69) is 10.3 Å². The second-order valence-corrected chi connectivity index (χ2v) is 8.53. The number of hydrogen-bond donors (Lipinski definition) is 2. The normalized spacial score (nSPS) is 15.8. The van der Waals surface area contributed by atoms with Gasteiger partial charge in [-0.15, -0.1) is 0 Å². The quantitative estimate of drug-likeness (QED) is 0.700. The van der Waals surface area contributed by atoms with Crippen molar-refractivity contribution in [1.82, 2.24) is 14.9 Å². The predicted molar refractivity (Wildman–Crippen MR) is 106 cm³/mol. The molecule has 0 fully saturated rings. The van der Waals surface area contributed by atoms with Crippen molar-refractivity contribution in [3.63, 3.8) is 0 Å². The number of aliphatic hydroxyl groups is 1. The van der Waals surface area contributed by atoms with Crippen molar-refractivity contribution in [2.75, 3.05) is 0 Å². The minimum Gasteiger partial charge on any atom is -0.380 e. The fourth-order valence-electron chi connectivity index (χ4n) is 3.99. The third-order valence-corrected chi connectivity index (χ3v) is 5.55. The highest BCUT2D eigenvalue weighted by Crippen LogP contribution is 2.45. The first kappa shape index (κ1) is 22.8. The van der Waals surface area contributed by atoms with E-state index in [9.17, 15) is 32.3 Å². The summed E-state index contributed by atoms with van der Waals surface area (Å²) >= 11 is 0. The third-order valence-electron chi connectivity index (χ3n) is 5.55. The summed E-state index contributed by atoms with van der Waals surface area (Å²) in [5.74, 6) is -0.735. The number of aromatic nitrogens is 2. The Kier molecular flexibility index (Phi) is 5.42. The third kappa shape index (κ3) is 4.16. The first-order valence-electron chi connectivity index (χ1n) is 9.46. The monoisotopic (exact) mass is 440 g/mol. The number of aromatic amines is 1. The van der Waals surface area contributed by atoms with Crippen LogP contribution in [-0.2, 0) is 12.5 Å². The largest absolute Gasteiger partial charge is 0.417 e. The molecule has 1 radical (unpaired) electrons. The molecule has 2 aromatic rings. The Balaban J connectivity index is 1.97. The van der Waals surface area contributed by atoms with E-state index in [1.165, 1.54) is 33.0 Å². The van der Waals surface area contributed by atoms with Crippen molar-refractivity contribution >= 4 is 11.9 Å². The maximum Gasteiger partial charge on any atom is 0.417 e. The fraction of sp³-hybridized carbons (Fsp3) is 0.429. The number of fused-ring (bicyclic) bond motifs is 1. The van der Waals surface area contributed by atoms with E-state index in [4.69, 9.17) is 0 Å². The van der Waals surface area contributed by atoms with Crippen molar-refractivity contribution in [3.05, 3.63) is 67.2 Å². The summed E-state index contributed by atoms with van der Waals surface area (Å²) in [5.41, 5.74) is -5.23. The molecule has 1 aromatic carbocycles. The van der Waals surface area contributed by atoms with Gasteiger partial charge in [0.2, 0.25) is 0 Å². The lowest BCUT2D eigenvalue weighted by Crippen LogP contribution is -2.49. The van der Waals surface area contributed by atoms with Crippen molar-refractivity contribution in [3.8, 4) is 0 Å². The maximum absolute atomic E-state index is 14.0. The summed E-state index contributed by atoms with van der Waals surface area (Å²) in [5, 5.41) is 14.7. The highest BCUT2D eigenvalue weighted by atomic mass is 19.4. The van der Waals surface area contributed by atoms with Crippen LogP contribution in [0.25, 0.3) is 6.08 Å². The fourth-order valence-corrected chi connectivity index (χ4v) is 3.99. The van der Waals surface area contributed by atoms with Crippen molar-refractivity contribution in [2.24, 2.45) is 7.05 Å². The van der Waals surface area contributed by atoms with Crippen molar-refractivity contribution in [1.29, 1.82) is 0 Å². The SMILES string of the molecule is Cc1ccc(F)cc1C(C)(C)CC(O)(CC1=Cc2c([nH]c(=O)n(C)c2=O)[N]1)C(F)(F)F. The number of hydrogen-bond acceptors (Lipinski definition) is 3. The molecule has 0 bridgehead atoms. The van der Waals surface area contributed by atoms with E-state index in [1.807, 2.05) is 0 Å². The molecule has 0 spiro atoms. The molecule has 10 heteroatoms. The summed E-state index contributed by atoms with van der Waals surface area (Å²) in [6.45, 7) is 4.64. The van der Waals surface area contributed by atoms with Gasteiger partial charge in [0.15, 0.2) is 5.60 Å². The Labute approximate surface area is 175 Å². The molecule has 167 valence electrons. The number of aryl methyl sites for hydroxylation is 1. The minimum absolute atomic E-state index is 0.0538. The van der Waals surface area contributed by atoms with Gasteiger partial charge in [-0.3, -0.25) is 14.3 Å². The van der Waals surface area contributed by atoms with E-state index in [0.29, 0.717) is 11.1 Å². The Morgan fingerprint density at radius 2 is 1.84 bits per heavy atom. The summed E-state index contributed by atoms with van der Waals surface area (Å²) in [4.78, 5) is 26.2. The molecule has 1 aliphatic heterocycles. The van der Waals surface area contributed by atoms with E-state index in [-0.39, 0.29) is 17.1 Å². The summed E-state index contributed by atoms with van der Waals surface area (Å²) in [7, 11) is 1.23. The van der Waals surface area contributed by atoms with Crippen molar-refractivity contribution in [2.45, 2.75) is 50.8 Å². The lowest BCUT2D eigenvalue weighted by molar-refractivity contribution is -0.266. The zero-order chi connectivity index (χ0) is 23.4. The van der Waals surface area contributed by atoms with Crippen LogP contribution in [0.2, 0.25) is 0 Å². The summed E-state index contributed by atoms with van der Waals surface area (Å²) < 4.78 is 56.5. The second kappa shape index (κ2) is 7.37. The molecular weight excluding hydrogens is 418 g/mol. The van der Waals surface area contributed by atoms with Crippen LogP contribution in [0.3, 0.4) is 0 Å². The molecule has 1 aliphatic rings. The summed E-state index contributed by atoms with van der Waals surface area (Å²) in [6.07, 6.45) is -5.61. The van der Waals surface area contributed by atoms with Gasteiger partial charge in [-0.1, -0.05) is 19.9 Å². The second-order valence-electron chi connectivity index (χ2n) is 8.53. The van der Waals surface area contributed by atoms with Crippen LogP contribution in [0.5, 0.6) is 0 Å². The Bertz CT molecular complexity index is 1180. The average molecular weight is 440 g/mol. The predicted octanol–water partition coefficient (Wildman–Crippen LogP) is 3.16. The maximum atomic E-state index is 14.0. The standard InChI is InChI=1S/C21H22F4N3O3/c1-11-5-6-12(22)7-15(11)19(2,3)10-20(31,21(23,24)25)9-13-8-14-16(26-13)27-18(30)28(4)17(14)29/h5-8,31H,9-10H2,1-4H3,(H,27,30). The van der Waals surface area contributed by atoms with Crippen LogP contribution in [0.1, 0.15) is 43.4 Å². The van der Waals surface area contributed by atoms with Gasteiger partial charge >= 0.3 is 11.9 Å². The number of H-pyrrole nitrogens is 1. The van der Waals surface area contributed by atoms with Crippen LogP contribution in [-0.4, -0.2) is 26.4 Å². The van der Waals surface area contributed by atoms with Crippen LogP contribution < -0.4 is 16.6 Å². The molecule has 2 N–H and O–H groups in total. The van der Waals surface area contributed by atoms with Gasteiger partial charge in [0, 0.05) is 19.2 Å². The molecule has 0 aliphatic carbocycles. The Hall–Kier alpha value is -2.88. The number of rotatable bonds is 5. The molecule has 1 atom stereocenters. The molecule has 6 nitrogen and oxygen atoms in total. The molecule has 1 aromatic heterocycles. The van der Waals surface area contributed by atoms with Crippen molar-refractivity contribution < 1.29 is 22.7 Å². The molecule has 2 heterocycles. The van der Waals surface area contributed by atoms with Gasteiger partial charge in [0.1, 0.15) is 11.6 Å². The minimum atomic E-state index is -5.03. The van der Waals surface area contributed by atoms with E-state index in [0.717, 1.165) is 16.7 Å². The molecule has 3 rings (SSSR count). The number of benzene rings is 1. The smallest absolute Gasteiger partial charge is 0.380 e. The van der Waals surface area contributed by atoms with Gasteiger partial charge in [0.25, 0.3) is 5.56 Å². The van der Waals surface area contributed by atoms with Crippen LogP contribution in [0, 0.1) is 12.7 Å². The summed E-state index contributed by atoms with van der Waals surface area (Å²) in [6, 6.07) is 3.85. The average Bonchev–Trinajstić information content (AvgIpc) is 3.02.